The number of anilines is 1. The average Bonchev–Trinajstić information content (AvgIpc) is 3.22. The summed E-state index contributed by atoms with van der Waals surface area (Å²) in [4.78, 5) is 26.6. The second-order valence-corrected chi connectivity index (χ2v) is 6.83. The van der Waals surface area contributed by atoms with Gasteiger partial charge in [0, 0.05) is 31.8 Å². The van der Waals surface area contributed by atoms with Crippen molar-refractivity contribution in [1.29, 1.82) is 0 Å². The zero-order valence-electron chi connectivity index (χ0n) is 17.0. The quantitative estimate of drug-likeness (QED) is 0.582. The first-order valence-electron chi connectivity index (χ1n) is 9.57. The zero-order chi connectivity index (χ0) is 21.3. The molecule has 0 aliphatic rings. The van der Waals surface area contributed by atoms with E-state index in [1.807, 2.05) is 30.3 Å². The molecule has 0 radical (unpaired) electrons. The molecule has 9 heteroatoms. The van der Waals surface area contributed by atoms with Gasteiger partial charge < -0.3 is 15.0 Å². The van der Waals surface area contributed by atoms with E-state index in [4.69, 9.17) is 4.74 Å². The number of tetrazole rings is 1. The van der Waals surface area contributed by atoms with Crippen LogP contribution in [0.15, 0.2) is 54.6 Å². The van der Waals surface area contributed by atoms with Crippen molar-refractivity contribution in [1.82, 2.24) is 25.1 Å². The molecule has 0 unspecified atom stereocenters. The van der Waals surface area contributed by atoms with Gasteiger partial charge in [0.15, 0.2) is 6.61 Å². The fraction of sp³-hybridized carbons (Fsp3) is 0.286. The molecule has 0 spiro atoms. The maximum absolute atomic E-state index is 12.1. The maximum Gasteiger partial charge on any atom is 0.259 e. The predicted molar refractivity (Wildman–Crippen MR) is 112 cm³/mol. The molecule has 1 aromatic heterocycles. The third kappa shape index (κ3) is 6.13. The first-order chi connectivity index (χ1) is 14.5. The smallest absolute Gasteiger partial charge is 0.259 e. The summed E-state index contributed by atoms with van der Waals surface area (Å²) >= 11 is 0. The Morgan fingerprint density at radius 2 is 1.80 bits per heavy atom. The van der Waals surface area contributed by atoms with Crippen LogP contribution in [-0.2, 0) is 16.1 Å². The van der Waals surface area contributed by atoms with Crippen molar-refractivity contribution in [3.8, 4) is 17.1 Å². The Labute approximate surface area is 174 Å². The summed E-state index contributed by atoms with van der Waals surface area (Å²) in [6.45, 7) is 0.473. The monoisotopic (exact) mass is 408 g/mol. The Balaban J connectivity index is 1.40. The molecule has 0 atom stereocenters. The molecular weight excluding hydrogens is 384 g/mol. The molecule has 0 aliphatic carbocycles. The van der Waals surface area contributed by atoms with Gasteiger partial charge in [0.2, 0.25) is 11.7 Å². The van der Waals surface area contributed by atoms with Crippen molar-refractivity contribution in [3.63, 3.8) is 0 Å². The minimum absolute atomic E-state index is 0.0268. The Hall–Kier alpha value is -3.75. The number of hydrogen-bond donors (Lipinski definition) is 1. The lowest BCUT2D eigenvalue weighted by Gasteiger charge is -2.11. The molecule has 9 nitrogen and oxygen atoms in total. The fourth-order valence-corrected chi connectivity index (χ4v) is 2.55. The largest absolute Gasteiger partial charge is 0.484 e. The second-order valence-electron chi connectivity index (χ2n) is 6.83. The van der Waals surface area contributed by atoms with Crippen molar-refractivity contribution < 1.29 is 14.3 Å². The Bertz CT molecular complexity index is 970. The molecule has 3 rings (SSSR count). The molecule has 2 aromatic carbocycles. The van der Waals surface area contributed by atoms with Gasteiger partial charge in [-0.3, -0.25) is 9.59 Å². The molecule has 156 valence electrons. The molecular formula is C21H24N6O3. The Morgan fingerprint density at radius 1 is 1.07 bits per heavy atom. The van der Waals surface area contributed by atoms with Crippen molar-refractivity contribution in [2.45, 2.75) is 19.4 Å². The highest BCUT2D eigenvalue weighted by molar-refractivity contribution is 5.90. The van der Waals surface area contributed by atoms with E-state index in [1.54, 1.807) is 38.4 Å². The number of aryl methyl sites for hydroxylation is 1. The molecule has 0 aliphatic heterocycles. The minimum Gasteiger partial charge on any atom is -0.484 e. The third-order valence-electron chi connectivity index (χ3n) is 4.25. The molecule has 1 heterocycles. The van der Waals surface area contributed by atoms with Gasteiger partial charge in [-0.15, -0.1) is 10.2 Å². The van der Waals surface area contributed by atoms with Gasteiger partial charge in [-0.2, -0.15) is 4.80 Å². The van der Waals surface area contributed by atoms with Crippen molar-refractivity contribution in [2.75, 3.05) is 26.0 Å². The SMILES string of the molecule is CN(C)C(=O)COc1ccc(NC(=O)CCCn2nnc(-c3ccccc3)n2)cc1. The van der Waals surface area contributed by atoms with Gasteiger partial charge in [0.1, 0.15) is 5.75 Å². The van der Waals surface area contributed by atoms with Gasteiger partial charge in [0.25, 0.3) is 5.91 Å². The van der Waals surface area contributed by atoms with Crippen LogP contribution in [0.3, 0.4) is 0 Å². The number of nitrogens with one attached hydrogen (secondary N) is 1. The molecule has 0 fully saturated rings. The molecule has 0 saturated carbocycles. The van der Waals surface area contributed by atoms with E-state index in [2.05, 4.69) is 20.7 Å². The summed E-state index contributed by atoms with van der Waals surface area (Å²) in [6, 6.07) is 16.5. The summed E-state index contributed by atoms with van der Waals surface area (Å²) in [5, 5.41) is 15.2. The van der Waals surface area contributed by atoms with Crippen molar-refractivity contribution in [3.05, 3.63) is 54.6 Å². The zero-order valence-corrected chi connectivity index (χ0v) is 17.0. The summed E-state index contributed by atoms with van der Waals surface area (Å²) in [6.07, 6.45) is 0.919. The van der Waals surface area contributed by atoms with Crippen LogP contribution in [0.5, 0.6) is 5.75 Å². The number of carbonyl (C=O) groups is 2. The molecule has 30 heavy (non-hydrogen) atoms. The lowest BCUT2D eigenvalue weighted by molar-refractivity contribution is -0.130. The van der Waals surface area contributed by atoms with E-state index in [1.165, 1.54) is 9.70 Å². The van der Waals surface area contributed by atoms with E-state index in [0.717, 1.165) is 5.56 Å². The van der Waals surface area contributed by atoms with Crippen LogP contribution >= 0.6 is 0 Å². The number of benzene rings is 2. The van der Waals surface area contributed by atoms with Gasteiger partial charge in [0.05, 0.1) is 6.54 Å². The van der Waals surface area contributed by atoms with Crippen LogP contribution in [0.4, 0.5) is 5.69 Å². The lowest BCUT2D eigenvalue weighted by Crippen LogP contribution is -2.27. The first-order valence-corrected chi connectivity index (χ1v) is 9.57. The summed E-state index contributed by atoms with van der Waals surface area (Å²) in [7, 11) is 3.34. The number of hydrogen-bond acceptors (Lipinski definition) is 6. The van der Waals surface area contributed by atoms with Crippen LogP contribution in [-0.4, -0.2) is 57.6 Å². The van der Waals surface area contributed by atoms with Crippen LogP contribution in [0, 0.1) is 0 Å². The third-order valence-corrected chi connectivity index (χ3v) is 4.25. The van der Waals surface area contributed by atoms with Gasteiger partial charge in [-0.25, -0.2) is 0 Å². The number of nitrogens with zero attached hydrogens (tertiary/aromatic N) is 5. The fourth-order valence-electron chi connectivity index (χ4n) is 2.55. The number of ether oxygens (including phenoxy) is 1. The normalized spacial score (nSPS) is 10.5. The van der Waals surface area contributed by atoms with Crippen LogP contribution < -0.4 is 10.1 Å². The number of aromatic nitrogens is 4. The highest BCUT2D eigenvalue weighted by Gasteiger charge is 2.08. The van der Waals surface area contributed by atoms with Gasteiger partial charge >= 0.3 is 0 Å². The van der Waals surface area contributed by atoms with E-state index >= 15 is 0 Å². The maximum atomic E-state index is 12.1. The average molecular weight is 408 g/mol. The van der Waals surface area contributed by atoms with Crippen LogP contribution in [0.1, 0.15) is 12.8 Å². The number of rotatable bonds is 9. The highest BCUT2D eigenvalue weighted by atomic mass is 16.5. The van der Waals surface area contributed by atoms with Crippen molar-refractivity contribution in [2.24, 2.45) is 0 Å². The van der Waals surface area contributed by atoms with Gasteiger partial charge in [-0.05, 0) is 35.9 Å². The molecule has 3 aromatic rings. The van der Waals surface area contributed by atoms with E-state index in [-0.39, 0.29) is 18.4 Å². The van der Waals surface area contributed by atoms with E-state index in [0.29, 0.717) is 36.6 Å². The molecule has 0 saturated heterocycles. The lowest BCUT2D eigenvalue weighted by atomic mass is 10.2. The van der Waals surface area contributed by atoms with E-state index < -0.39 is 0 Å². The van der Waals surface area contributed by atoms with Crippen molar-refractivity contribution >= 4 is 17.5 Å². The van der Waals surface area contributed by atoms with E-state index in [9.17, 15) is 9.59 Å². The number of amides is 2. The highest BCUT2D eigenvalue weighted by Crippen LogP contribution is 2.16. The van der Waals surface area contributed by atoms with Crippen LogP contribution in [0.2, 0.25) is 0 Å². The van der Waals surface area contributed by atoms with Crippen LogP contribution in [0.25, 0.3) is 11.4 Å². The summed E-state index contributed by atoms with van der Waals surface area (Å²) in [5.74, 6) is 0.907. The number of likely N-dealkylation sites (N-methyl/N-ethyl adjacent to an activating group) is 1. The Morgan fingerprint density at radius 3 is 2.50 bits per heavy atom. The summed E-state index contributed by atoms with van der Waals surface area (Å²) in [5.41, 5.74) is 1.57. The second kappa shape index (κ2) is 10.1. The number of carbonyl (C=O) groups excluding carboxylic acids is 2. The minimum atomic E-state index is -0.120. The summed E-state index contributed by atoms with van der Waals surface area (Å²) < 4.78 is 5.41. The molecule has 2 amide bonds. The first kappa shape index (κ1) is 21.0. The van der Waals surface area contributed by atoms with Gasteiger partial charge in [-0.1, -0.05) is 30.3 Å². The Kier molecular flexibility index (Phi) is 7.09. The standard InChI is InChI=1S/C21H24N6O3/c1-26(2)20(29)15-30-18-12-10-17(11-13-18)22-19(28)9-6-14-27-24-21(23-25-27)16-7-4-3-5-8-16/h3-5,7-8,10-13H,6,9,14-15H2,1-2H3,(H,22,28). The predicted octanol–water partition coefficient (Wildman–Crippen LogP) is 2.23. The molecule has 0 bridgehead atoms. The molecule has 1 N–H and O–H groups in total. The topological polar surface area (TPSA) is 102 Å².